The van der Waals surface area contributed by atoms with Crippen LogP contribution in [0.15, 0.2) is 24.3 Å². The van der Waals surface area contributed by atoms with Gasteiger partial charge >= 0.3 is 5.97 Å². The van der Waals surface area contributed by atoms with Gasteiger partial charge in [0.05, 0.1) is 26.1 Å². The van der Waals surface area contributed by atoms with Crippen LogP contribution in [-0.4, -0.2) is 49.5 Å². The van der Waals surface area contributed by atoms with Gasteiger partial charge in [-0.15, -0.1) is 0 Å². The third kappa shape index (κ3) is 2.26. The molecule has 0 unspecified atom stereocenters. The van der Waals surface area contributed by atoms with Gasteiger partial charge in [0.2, 0.25) is 11.8 Å². The first-order valence-electron chi connectivity index (χ1n) is 8.23. The number of nitrogens with one attached hydrogen (secondary N) is 1. The lowest BCUT2D eigenvalue weighted by Crippen LogP contribution is -2.55. The molecule has 2 aliphatic rings. The molecule has 2 fully saturated rings. The maximum Gasteiger partial charge on any atom is 0.326 e. The highest BCUT2D eigenvalue weighted by molar-refractivity contribution is 6.09. The van der Waals surface area contributed by atoms with Gasteiger partial charge in [-0.25, -0.2) is 0 Å². The van der Waals surface area contributed by atoms with Crippen molar-refractivity contribution in [3.05, 3.63) is 29.8 Å². The molecule has 2 aliphatic heterocycles. The number of fused-ring (bicyclic) bond motifs is 1. The van der Waals surface area contributed by atoms with Crippen LogP contribution in [0.1, 0.15) is 24.9 Å². The summed E-state index contributed by atoms with van der Waals surface area (Å²) < 4.78 is 10.4. The minimum absolute atomic E-state index is 0.294. The quantitative estimate of drug-likeness (QED) is 0.644. The minimum Gasteiger partial charge on any atom is -0.496 e. The van der Waals surface area contributed by atoms with E-state index < -0.39 is 29.4 Å². The van der Waals surface area contributed by atoms with Crippen LogP contribution in [-0.2, 0) is 19.1 Å². The summed E-state index contributed by atoms with van der Waals surface area (Å²) in [7, 11) is 4.30. The number of amides is 2. The fraction of sp³-hybridized carbons (Fsp3) is 0.500. The Balaban J connectivity index is 2.17. The Labute approximate surface area is 146 Å². The van der Waals surface area contributed by atoms with Gasteiger partial charge in [-0.2, -0.15) is 0 Å². The molecule has 2 heterocycles. The molecule has 0 radical (unpaired) electrons. The topological polar surface area (TPSA) is 84.9 Å². The zero-order valence-electron chi connectivity index (χ0n) is 14.7. The smallest absolute Gasteiger partial charge is 0.326 e. The lowest BCUT2D eigenvalue weighted by Gasteiger charge is -2.31. The van der Waals surface area contributed by atoms with Crippen molar-refractivity contribution in [2.24, 2.45) is 11.8 Å². The monoisotopic (exact) mass is 346 g/mol. The number of nitrogens with zero attached hydrogens (tertiary/aromatic N) is 1. The van der Waals surface area contributed by atoms with E-state index in [0.717, 1.165) is 10.5 Å². The summed E-state index contributed by atoms with van der Waals surface area (Å²) in [6.45, 7) is 1.81. The normalized spacial score (nSPS) is 31.2. The third-order valence-corrected chi connectivity index (χ3v) is 5.46. The zero-order valence-corrected chi connectivity index (χ0v) is 14.7. The van der Waals surface area contributed by atoms with Gasteiger partial charge in [-0.1, -0.05) is 25.1 Å². The molecule has 0 spiro atoms. The van der Waals surface area contributed by atoms with Crippen molar-refractivity contribution in [2.45, 2.75) is 24.9 Å². The van der Waals surface area contributed by atoms with Gasteiger partial charge in [0.25, 0.3) is 0 Å². The zero-order chi connectivity index (χ0) is 18.4. The second-order valence-electron chi connectivity index (χ2n) is 6.42. The maximum absolute atomic E-state index is 12.8. The van der Waals surface area contributed by atoms with Crippen molar-refractivity contribution in [1.82, 2.24) is 10.2 Å². The highest BCUT2D eigenvalue weighted by Crippen LogP contribution is 2.51. The molecular formula is C18H22N2O5. The summed E-state index contributed by atoms with van der Waals surface area (Å²) in [4.78, 5) is 39.2. The van der Waals surface area contributed by atoms with Gasteiger partial charge in [0.1, 0.15) is 11.3 Å². The Kier molecular flexibility index (Phi) is 4.28. The number of hydrogen-bond acceptors (Lipinski definition) is 6. The Hall–Kier alpha value is -2.41. The minimum atomic E-state index is -1.23. The average Bonchev–Trinajstić information content (AvgIpc) is 3.11. The van der Waals surface area contributed by atoms with E-state index in [1.807, 2.05) is 25.1 Å². The van der Waals surface area contributed by atoms with Crippen LogP contribution >= 0.6 is 0 Å². The van der Waals surface area contributed by atoms with E-state index in [-0.39, 0.29) is 11.8 Å². The molecule has 0 saturated carbocycles. The second kappa shape index (κ2) is 6.15. The molecule has 4 atom stereocenters. The van der Waals surface area contributed by atoms with Crippen LogP contribution in [0.3, 0.4) is 0 Å². The van der Waals surface area contributed by atoms with Crippen molar-refractivity contribution < 1.29 is 23.9 Å². The van der Waals surface area contributed by atoms with Crippen molar-refractivity contribution in [3.63, 3.8) is 0 Å². The van der Waals surface area contributed by atoms with E-state index in [9.17, 15) is 14.4 Å². The first kappa shape index (κ1) is 17.4. The van der Waals surface area contributed by atoms with Crippen molar-refractivity contribution >= 4 is 17.8 Å². The molecule has 2 amide bonds. The summed E-state index contributed by atoms with van der Waals surface area (Å²) in [5.41, 5.74) is -0.488. The van der Waals surface area contributed by atoms with Gasteiger partial charge < -0.3 is 9.47 Å². The molecule has 7 heteroatoms. The van der Waals surface area contributed by atoms with Crippen molar-refractivity contribution in [1.29, 1.82) is 0 Å². The molecule has 25 heavy (non-hydrogen) atoms. The number of imide groups is 1. The summed E-state index contributed by atoms with van der Waals surface area (Å²) in [5.74, 6) is -2.04. The molecule has 1 aromatic rings. The van der Waals surface area contributed by atoms with E-state index in [1.54, 1.807) is 13.2 Å². The molecule has 0 bridgehead atoms. The first-order chi connectivity index (χ1) is 11.9. The van der Waals surface area contributed by atoms with Crippen LogP contribution in [0.2, 0.25) is 0 Å². The molecule has 0 aromatic heterocycles. The standard InChI is InChI=1S/C18H22N2O5/c1-5-18(17(23)25-4)13-12(15(21)20(2)16(13)22)14(19-18)10-8-6-7-9-11(10)24-3/h6-9,12-14,19H,5H2,1-4H3/t12-,13+,14-,18+/m0/s1. The number of carbonyl (C=O) groups is 3. The number of likely N-dealkylation sites (tertiary alicyclic amines) is 1. The average molecular weight is 346 g/mol. The fourth-order valence-electron chi connectivity index (χ4n) is 4.18. The maximum atomic E-state index is 12.8. The summed E-state index contributed by atoms with van der Waals surface area (Å²) in [6, 6.07) is 6.79. The van der Waals surface area contributed by atoms with Crippen molar-refractivity contribution in [3.8, 4) is 5.75 Å². The Morgan fingerprint density at radius 3 is 2.52 bits per heavy atom. The number of ether oxygens (including phenoxy) is 2. The molecular weight excluding hydrogens is 324 g/mol. The highest BCUT2D eigenvalue weighted by atomic mass is 16.5. The van der Waals surface area contributed by atoms with E-state index in [0.29, 0.717) is 12.2 Å². The Bertz CT molecular complexity index is 734. The van der Waals surface area contributed by atoms with Crippen LogP contribution < -0.4 is 10.1 Å². The lowest BCUT2D eigenvalue weighted by atomic mass is 9.78. The second-order valence-corrected chi connectivity index (χ2v) is 6.42. The van der Waals surface area contributed by atoms with E-state index >= 15 is 0 Å². The van der Waals surface area contributed by atoms with Gasteiger partial charge in [0, 0.05) is 18.7 Å². The van der Waals surface area contributed by atoms with Crippen LogP contribution in [0.5, 0.6) is 5.75 Å². The lowest BCUT2D eigenvalue weighted by molar-refractivity contribution is -0.154. The number of carbonyl (C=O) groups excluding carboxylic acids is 3. The van der Waals surface area contributed by atoms with Crippen molar-refractivity contribution in [2.75, 3.05) is 21.3 Å². The van der Waals surface area contributed by atoms with E-state index in [2.05, 4.69) is 5.32 Å². The molecule has 7 nitrogen and oxygen atoms in total. The van der Waals surface area contributed by atoms with Crippen LogP contribution in [0.25, 0.3) is 0 Å². The predicted octanol–water partition coefficient (Wildman–Crippen LogP) is 0.892. The van der Waals surface area contributed by atoms with Gasteiger partial charge in [-0.05, 0) is 12.5 Å². The number of hydrogen-bond donors (Lipinski definition) is 1. The molecule has 2 saturated heterocycles. The number of methoxy groups -OCH3 is 2. The first-order valence-corrected chi connectivity index (χ1v) is 8.23. The van der Waals surface area contributed by atoms with E-state index in [1.165, 1.54) is 14.2 Å². The third-order valence-electron chi connectivity index (χ3n) is 5.46. The van der Waals surface area contributed by atoms with Gasteiger partial charge in [0.15, 0.2) is 0 Å². The largest absolute Gasteiger partial charge is 0.496 e. The molecule has 134 valence electrons. The number of benzene rings is 1. The molecule has 1 N–H and O–H groups in total. The summed E-state index contributed by atoms with van der Waals surface area (Å²) in [6.07, 6.45) is 0.333. The number of esters is 1. The van der Waals surface area contributed by atoms with Crippen LogP contribution in [0, 0.1) is 11.8 Å². The molecule has 0 aliphatic carbocycles. The van der Waals surface area contributed by atoms with Gasteiger partial charge in [-0.3, -0.25) is 24.6 Å². The molecule has 1 aromatic carbocycles. The number of para-hydroxylation sites is 1. The van der Waals surface area contributed by atoms with Crippen LogP contribution in [0.4, 0.5) is 0 Å². The SMILES string of the molecule is CC[C@@]1(C(=O)OC)N[C@@H](c2ccccc2OC)[C@H]2C(=O)N(C)C(=O)[C@@H]21. The fourth-order valence-corrected chi connectivity index (χ4v) is 4.18. The summed E-state index contributed by atoms with van der Waals surface area (Å²) >= 11 is 0. The highest BCUT2D eigenvalue weighted by Gasteiger charge is 2.67. The number of rotatable bonds is 4. The predicted molar refractivity (Wildman–Crippen MR) is 88.7 cm³/mol. The Morgan fingerprint density at radius 1 is 1.24 bits per heavy atom. The Morgan fingerprint density at radius 2 is 1.92 bits per heavy atom. The molecule has 3 rings (SSSR count). The summed E-state index contributed by atoms with van der Waals surface area (Å²) in [5, 5.41) is 3.26. The van der Waals surface area contributed by atoms with E-state index in [4.69, 9.17) is 9.47 Å².